The lowest BCUT2D eigenvalue weighted by Gasteiger charge is -2.32. The second-order valence-corrected chi connectivity index (χ2v) is 7.80. The fraction of sp³-hybridized carbons (Fsp3) is 0.533. The molecule has 26 heavy (non-hydrogen) atoms. The van der Waals surface area contributed by atoms with Crippen molar-refractivity contribution in [3.63, 3.8) is 0 Å². The Kier molecular flexibility index (Phi) is 6.84. The molecule has 1 heterocycles. The number of alkyl halides is 2. The van der Waals surface area contributed by atoms with Crippen LogP contribution in [-0.4, -0.2) is 56.6 Å². The first kappa shape index (κ1) is 20.5. The topological polar surface area (TPSA) is 95.9 Å². The number of rotatable bonds is 8. The van der Waals surface area contributed by atoms with Gasteiger partial charge in [-0.25, -0.2) is 12.8 Å². The van der Waals surface area contributed by atoms with Crippen LogP contribution in [0.15, 0.2) is 23.1 Å². The summed E-state index contributed by atoms with van der Waals surface area (Å²) >= 11 is 0. The highest BCUT2D eigenvalue weighted by Crippen LogP contribution is 2.27. The van der Waals surface area contributed by atoms with Gasteiger partial charge in [0.2, 0.25) is 10.0 Å². The molecule has 1 aliphatic rings. The lowest BCUT2D eigenvalue weighted by Crippen LogP contribution is -2.43. The number of carboxylic acids is 1. The van der Waals surface area contributed by atoms with Crippen LogP contribution in [0.5, 0.6) is 5.75 Å². The molecular weight excluding hydrogens is 377 g/mol. The van der Waals surface area contributed by atoms with Crippen molar-refractivity contribution in [2.45, 2.75) is 24.3 Å². The second kappa shape index (κ2) is 8.69. The molecule has 1 saturated heterocycles. The van der Waals surface area contributed by atoms with E-state index in [-0.39, 0.29) is 30.4 Å². The Morgan fingerprint density at radius 2 is 2.15 bits per heavy atom. The molecule has 0 aliphatic carbocycles. The number of ether oxygens (including phenoxy) is 1. The summed E-state index contributed by atoms with van der Waals surface area (Å²) in [6, 6.07) is 2.52. The van der Waals surface area contributed by atoms with Crippen molar-refractivity contribution >= 4 is 16.0 Å². The quantitative estimate of drug-likeness (QED) is 0.692. The molecule has 7 nitrogen and oxygen atoms in total. The molecule has 11 heteroatoms. The number of carbonyl (C=O) groups is 1. The molecule has 0 aromatic heterocycles. The number of hydrogen-bond donors (Lipinski definition) is 2. The first-order valence-electron chi connectivity index (χ1n) is 7.87. The predicted molar refractivity (Wildman–Crippen MR) is 85.0 cm³/mol. The first-order chi connectivity index (χ1) is 12.2. The van der Waals surface area contributed by atoms with Gasteiger partial charge in [0, 0.05) is 13.1 Å². The Morgan fingerprint density at radius 3 is 2.77 bits per heavy atom. The number of nitrogens with zero attached hydrogens (tertiary/aromatic N) is 1. The number of hydrogen-bond acceptors (Lipinski definition) is 5. The number of nitrogens with one attached hydrogen (secondary N) is 1. The van der Waals surface area contributed by atoms with Crippen LogP contribution in [0.4, 0.5) is 13.2 Å². The van der Waals surface area contributed by atoms with Crippen LogP contribution in [0.3, 0.4) is 0 Å². The Bertz CT molecular complexity index is 745. The van der Waals surface area contributed by atoms with Crippen LogP contribution in [0, 0.1) is 11.7 Å². The minimum atomic E-state index is -4.00. The number of piperidine rings is 1. The maximum atomic E-state index is 13.8. The highest BCUT2D eigenvalue weighted by molar-refractivity contribution is 7.89. The maximum absolute atomic E-state index is 13.8. The van der Waals surface area contributed by atoms with Gasteiger partial charge in [0.1, 0.15) is 0 Å². The average Bonchev–Trinajstić information content (AvgIpc) is 2.56. The van der Waals surface area contributed by atoms with E-state index in [1.54, 1.807) is 0 Å². The van der Waals surface area contributed by atoms with Crippen LogP contribution >= 0.6 is 0 Å². The van der Waals surface area contributed by atoms with E-state index >= 15 is 0 Å². The van der Waals surface area contributed by atoms with Crippen LogP contribution in [0.25, 0.3) is 0 Å². The summed E-state index contributed by atoms with van der Waals surface area (Å²) in [5.41, 5.74) is 0. The van der Waals surface area contributed by atoms with Crippen molar-refractivity contribution in [3.8, 4) is 5.75 Å². The van der Waals surface area contributed by atoms with E-state index in [1.165, 1.54) is 4.31 Å². The van der Waals surface area contributed by atoms with Gasteiger partial charge in [-0.3, -0.25) is 4.79 Å². The minimum Gasteiger partial charge on any atom is -0.480 e. The predicted octanol–water partition coefficient (Wildman–Crippen LogP) is 1.50. The van der Waals surface area contributed by atoms with Gasteiger partial charge in [0.15, 0.2) is 11.6 Å². The zero-order chi connectivity index (χ0) is 19.3. The average molecular weight is 396 g/mol. The summed E-state index contributed by atoms with van der Waals surface area (Å²) in [6.45, 7) is -2.69. The van der Waals surface area contributed by atoms with Crippen molar-refractivity contribution in [1.29, 1.82) is 0 Å². The molecule has 146 valence electrons. The zero-order valence-electron chi connectivity index (χ0n) is 13.7. The standard InChI is InChI=1S/C15H19F3N2O5S/c16-12-6-11(3-4-13(12)25-15(17)18)26(23,24)20-5-1-2-10(9-20)7-19-8-14(21)22/h3-4,6,10,15,19H,1-2,5,7-9H2,(H,21,22). The molecule has 1 unspecified atom stereocenters. The highest BCUT2D eigenvalue weighted by Gasteiger charge is 2.31. The van der Waals surface area contributed by atoms with Gasteiger partial charge in [-0.2, -0.15) is 13.1 Å². The largest absolute Gasteiger partial charge is 0.480 e. The molecule has 1 aliphatic heterocycles. The molecule has 2 N–H and O–H groups in total. The minimum absolute atomic E-state index is 0.0795. The van der Waals surface area contributed by atoms with Gasteiger partial charge in [0.05, 0.1) is 11.4 Å². The molecule has 1 aromatic rings. The van der Waals surface area contributed by atoms with Gasteiger partial charge in [0.25, 0.3) is 0 Å². The molecule has 0 spiro atoms. The van der Waals surface area contributed by atoms with Gasteiger partial charge in [-0.05, 0) is 43.5 Å². The molecule has 0 radical (unpaired) electrons. The lowest BCUT2D eigenvalue weighted by molar-refractivity contribution is -0.136. The third kappa shape index (κ3) is 5.32. The third-order valence-corrected chi connectivity index (χ3v) is 5.81. The molecule has 0 bridgehead atoms. The van der Waals surface area contributed by atoms with E-state index in [1.807, 2.05) is 0 Å². The van der Waals surface area contributed by atoms with Crippen molar-refractivity contribution in [2.75, 3.05) is 26.2 Å². The van der Waals surface area contributed by atoms with Crippen LogP contribution < -0.4 is 10.1 Å². The third-order valence-electron chi connectivity index (χ3n) is 3.95. The Hall–Kier alpha value is -1.85. The molecule has 2 rings (SSSR count). The fourth-order valence-electron chi connectivity index (χ4n) is 2.78. The van der Waals surface area contributed by atoms with Gasteiger partial charge >= 0.3 is 12.6 Å². The van der Waals surface area contributed by atoms with Crippen molar-refractivity contribution in [3.05, 3.63) is 24.0 Å². The summed E-state index contributed by atoms with van der Waals surface area (Å²) in [5.74, 6) is -3.01. The van der Waals surface area contributed by atoms with Gasteiger partial charge in [-0.15, -0.1) is 0 Å². The number of sulfonamides is 1. The van der Waals surface area contributed by atoms with E-state index in [2.05, 4.69) is 10.1 Å². The van der Waals surface area contributed by atoms with Gasteiger partial charge in [-0.1, -0.05) is 0 Å². The molecule has 1 fully saturated rings. The van der Waals surface area contributed by atoms with E-state index in [9.17, 15) is 26.4 Å². The molecule has 1 atom stereocenters. The molecule has 1 aromatic carbocycles. The Morgan fingerprint density at radius 1 is 1.42 bits per heavy atom. The fourth-order valence-corrected chi connectivity index (χ4v) is 4.34. The summed E-state index contributed by atoms with van der Waals surface area (Å²) in [4.78, 5) is 10.2. The maximum Gasteiger partial charge on any atom is 0.387 e. The van der Waals surface area contributed by atoms with Crippen molar-refractivity contribution in [2.24, 2.45) is 5.92 Å². The van der Waals surface area contributed by atoms with E-state index in [0.717, 1.165) is 18.6 Å². The summed E-state index contributed by atoms with van der Waals surface area (Å²) in [5, 5.41) is 11.3. The second-order valence-electron chi connectivity index (χ2n) is 5.87. The lowest BCUT2D eigenvalue weighted by atomic mass is 10.00. The van der Waals surface area contributed by atoms with Crippen LogP contribution in [0.2, 0.25) is 0 Å². The number of aliphatic carboxylic acids is 1. The first-order valence-corrected chi connectivity index (χ1v) is 9.31. The van der Waals surface area contributed by atoms with Gasteiger partial charge < -0.3 is 15.2 Å². The summed E-state index contributed by atoms with van der Waals surface area (Å²) < 4.78 is 68.6. The Balaban J connectivity index is 2.08. The molecule has 0 saturated carbocycles. The SMILES string of the molecule is O=C(O)CNCC1CCCN(S(=O)(=O)c2ccc(OC(F)F)c(F)c2)C1. The van der Waals surface area contributed by atoms with Crippen LogP contribution in [-0.2, 0) is 14.8 Å². The zero-order valence-corrected chi connectivity index (χ0v) is 14.5. The van der Waals surface area contributed by atoms with Crippen molar-refractivity contribution in [1.82, 2.24) is 9.62 Å². The number of benzene rings is 1. The number of halogens is 3. The van der Waals surface area contributed by atoms with Crippen molar-refractivity contribution < 1.29 is 36.2 Å². The van der Waals surface area contributed by atoms with E-state index in [4.69, 9.17) is 5.11 Å². The van der Waals surface area contributed by atoms with E-state index < -0.39 is 34.2 Å². The smallest absolute Gasteiger partial charge is 0.387 e. The van der Waals surface area contributed by atoms with Crippen LogP contribution in [0.1, 0.15) is 12.8 Å². The van der Waals surface area contributed by atoms with E-state index in [0.29, 0.717) is 19.0 Å². The summed E-state index contributed by atoms with van der Waals surface area (Å²) in [7, 11) is -4.00. The Labute approximate surface area is 148 Å². The monoisotopic (exact) mass is 396 g/mol. The molecular formula is C15H19F3N2O5S. The number of carboxylic acid groups (broad SMARTS) is 1. The summed E-state index contributed by atoms with van der Waals surface area (Å²) in [6.07, 6.45) is 1.31. The normalized spacial score (nSPS) is 18.8. The highest BCUT2D eigenvalue weighted by atomic mass is 32.2. The molecule has 0 amide bonds.